The summed E-state index contributed by atoms with van der Waals surface area (Å²) in [4.78, 5) is 21.6. The number of rotatable bonds is 3. The number of Topliss-reactive ketones (excluding diaryl/α,β-unsaturated/α-hetero) is 1. The van der Waals surface area contributed by atoms with Crippen LogP contribution in [0.4, 0.5) is 10.1 Å². The molecule has 1 unspecified atom stereocenters. The van der Waals surface area contributed by atoms with Crippen molar-refractivity contribution >= 4 is 11.5 Å². The molecule has 0 saturated carbocycles. The maximum atomic E-state index is 13.1. The number of hydrogen-bond acceptors (Lipinski definition) is 4. The minimum absolute atomic E-state index is 0.101. The van der Waals surface area contributed by atoms with E-state index in [1.807, 2.05) is 0 Å². The molecule has 5 nitrogen and oxygen atoms in total. The maximum Gasteiger partial charge on any atom is 0.275 e. The van der Waals surface area contributed by atoms with Gasteiger partial charge in [-0.3, -0.25) is 14.9 Å². The van der Waals surface area contributed by atoms with Crippen molar-refractivity contribution in [3.63, 3.8) is 0 Å². The number of carbonyl (C=O) groups is 1. The summed E-state index contributed by atoms with van der Waals surface area (Å²) in [7, 11) is 0. The number of carbonyl (C=O) groups excluding carboxylic acids is 1. The first kappa shape index (κ1) is 12.4. The van der Waals surface area contributed by atoms with Crippen molar-refractivity contribution in [2.45, 2.75) is 18.9 Å². The smallest absolute Gasteiger partial charge is 0.275 e. The Morgan fingerprint density at radius 3 is 2.72 bits per heavy atom. The Labute approximate surface area is 102 Å². The molecular formula is C12H10FNO4. The van der Waals surface area contributed by atoms with Crippen LogP contribution < -0.4 is 0 Å². The van der Waals surface area contributed by atoms with Crippen LogP contribution in [-0.2, 0) is 4.79 Å². The second-order valence-corrected chi connectivity index (χ2v) is 3.98. The van der Waals surface area contributed by atoms with E-state index in [1.54, 1.807) is 0 Å². The maximum absolute atomic E-state index is 13.1. The van der Waals surface area contributed by atoms with E-state index in [0.29, 0.717) is 6.42 Å². The number of allylic oxidation sites excluding steroid dienone is 1. The van der Waals surface area contributed by atoms with Crippen molar-refractivity contribution in [3.8, 4) is 0 Å². The Morgan fingerprint density at radius 2 is 2.17 bits per heavy atom. The molecule has 0 saturated heterocycles. The topological polar surface area (TPSA) is 80.4 Å². The van der Waals surface area contributed by atoms with Crippen molar-refractivity contribution in [2.24, 2.45) is 0 Å². The van der Waals surface area contributed by atoms with Crippen molar-refractivity contribution in [1.82, 2.24) is 0 Å². The normalized spacial score (nSPS) is 16.6. The third-order valence-corrected chi connectivity index (χ3v) is 2.83. The summed E-state index contributed by atoms with van der Waals surface area (Å²) in [6.45, 7) is 0. The van der Waals surface area contributed by atoms with Gasteiger partial charge < -0.3 is 5.11 Å². The summed E-state index contributed by atoms with van der Waals surface area (Å²) in [5.74, 6) is -0.957. The van der Waals surface area contributed by atoms with Crippen LogP contribution in [0.15, 0.2) is 29.8 Å². The third kappa shape index (κ3) is 2.14. The number of nitro groups is 1. The average molecular weight is 251 g/mol. The van der Waals surface area contributed by atoms with E-state index in [9.17, 15) is 24.4 Å². The number of ketones is 1. The van der Waals surface area contributed by atoms with E-state index >= 15 is 0 Å². The molecule has 1 aliphatic carbocycles. The molecule has 0 aromatic heterocycles. The Kier molecular flexibility index (Phi) is 3.20. The molecule has 0 heterocycles. The van der Waals surface area contributed by atoms with Gasteiger partial charge in [0.15, 0.2) is 5.78 Å². The number of aliphatic hydroxyl groups excluding tert-OH is 1. The number of nitrogens with zero attached hydrogens (tertiary/aromatic N) is 1. The van der Waals surface area contributed by atoms with Gasteiger partial charge in [0.1, 0.15) is 11.9 Å². The minimum Gasteiger partial charge on any atom is -0.383 e. The summed E-state index contributed by atoms with van der Waals surface area (Å²) in [6, 6.07) is 2.81. The predicted molar refractivity (Wildman–Crippen MR) is 60.3 cm³/mol. The second-order valence-electron chi connectivity index (χ2n) is 3.98. The van der Waals surface area contributed by atoms with Crippen molar-refractivity contribution in [3.05, 3.63) is 51.3 Å². The van der Waals surface area contributed by atoms with Crippen LogP contribution in [0.2, 0.25) is 0 Å². The van der Waals surface area contributed by atoms with Crippen LogP contribution >= 0.6 is 0 Å². The average Bonchev–Trinajstić information content (AvgIpc) is 2.74. The Morgan fingerprint density at radius 1 is 1.44 bits per heavy atom. The lowest BCUT2D eigenvalue weighted by Crippen LogP contribution is -2.10. The first-order valence-corrected chi connectivity index (χ1v) is 5.36. The molecule has 18 heavy (non-hydrogen) atoms. The molecule has 0 amide bonds. The summed E-state index contributed by atoms with van der Waals surface area (Å²) in [5.41, 5.74) is -0.491. The van der Waals surface area contributed by atoms with Gasteiger partial charge in [-0.25, -0.2) is 4.39 Å². The van der Waals surface area contributed by atoms with Crippen molar-refractivity contribution < 1.29 is 19.2 Å². The van der Waals surface area contributed by atoms with Crippen LogP contribution in [-0.4, -0.2) is 15.8 Å². The van der Waals surface area contributed by atoms with Gasteiger partial charge in [-0.1, -0.05) is 6.08 Å². The summed E-state index contributed by atoms with van der Waals surface area (Å²) in [6.07, 6.45) is 0.849. The highest BCUT2D eigenvalue weighted by molar-refractivity contribution is 5.98. The number of hydrogen-bond donors (Lipinski definition) is 1. The van der Waals surface area contributed by atoms with Crippen molar-refractivity contribution in [2.75, 3.05) is 0 Å². The fraction of sp³-hybridized carbons (Fsp3) is 0.250. The van der Waals surface area contributed by atoms with E-state index in [2.05, 4.69) is 0 Å². The van der Waals surface area contributed by atoms with Crippen LogP contribution in [0.3, 0.4) is 0 Å². The highest BCUT2D eigenvalue weighted by atomic mass is 19.1. The van der Waals surface area contributed by atoms with Gasteiger partial charge in [-0.15, -0.1) is 0 Å². The lowest BCUT2D eigenvalue weighted by molar-refractivity contribution is -0.386. The van der Waals surface area contributed by atoms with Gasteiger partial charge in [0.05, 0.1) is 10.5 Å². The van der Waals surface area contributed by atoms with E-state index in [0.717, 1.165) is 18.2 Å². The van der Waals surface area contributed by atoms with Gasteiger partial charge in [-0.05, 0) is 18.6 Å². The van der Waals surface area contributed by atoms with Gasteiger partial charge in [-0.2, -0.15) is 0 Å². The number of nitro benzene ring substituents is 1. The monoisotopic (exact) mass is 251 g/mol. The molecule has 0 aliphatic heterocycles. The van der Waals surface area contributed by atoms with Gasteiger partial charge in [0, 0.05) is 18.1 Å². The minimum atomic E-state index is -1.45. The Balaban J connectivity index is 2.46. The highest BCUT2D eigenvalue weighted by Crippen LogP contribution is 2.33. The molecule has 94 valence electrons. The SMILES string of the molecule is O=C1CCC=C1C(O)c1cc(F)ccc1[N+](=O)[O-]. The predicted octanol–water partition coefficient (Wildman–Crippen LogP) is 2.06. The van der Waals surface area contributed by atoms with Gasteiger partial charge in [0.2, 0.25) is 0 Å². The van der Waals surface area contributed by atoms with E-state index in [-0.39, 0.29) is 23.3 Å². The van der Waals surface area contributed by atoms with Crippen molar-refractivity contribution in [1.29, 1.82) is 0 Å². The summed E-state index contributed by atoms with van der Waals surface area (Å²) in [5, 5.41) is 20.8. The van der Waals surface area contributed by atoms with Crippen LogP contribution in [0.5, 0.6) is 0 Å². The van der Waals surface area contributed by atoms with Crippen LogP contribution in [0.1, 0.15) is 24.5 Å². The second kappa shape index (κ2) is 4.66. The largest absolute Gasteiger partial charge is 0.383 e. The molecule has 1 N–H and O–H groups in total. The molecule has 0 spiro atoms. The van der Waals surface area contributed by atoms with E-state index in [1.165, 1.54) is 6.08 Å². The standard InChI is InChI=1S/C12H10FNO4/c13-7-4-5-10(14(17)18)9(6-7)12(16)8-2-1-3-11(8)15/h2,4-6,12,16H,1,3H2. The van der Waals surface area contributed by atoms with Crippen LogP contribution in [0.25, 0.3) is 0 Å². The molecule has 1 aromatic rings. The number of benzene rings is 1. The molecule has 0 radical (unpaired) electrons. The summed E-state index contributed by atoms with van der Waals surface area (Å²) >= 11 is 0. The Bertz CT molecular complexity index is 553. The molecule has 2 rings (SSSR count). The Hall–Kier alpha value is -2.08. The molecule has 0 bridgehead atoms. The molecule has 0 fully saturated rings. The first-order chi connectivity index (χ1) is 8.50. The molecule has 1 atom stereocenters. The quantitative estimate of drug-likeness (QED) is 0.658. The van der Waals surface area contributed by atoms with Gasteiger partial charge >= 0.3 is 0 Å². The third-order valence-electron chi connectivity index (χ3n) is 2.83. The molecule has 1 aliphatic rings. The van der Waals surface area contributed by atoms with E-state index in [4.69, 9.17) is 0 Å². The molecular weight excluding hydrogens is 241 g/mol. The lowest BCUT2D eigenvalue weighted by Gasteiger charge is -2.11. The number of halogens is 1. The zero-order valence-electron chi connectivity index (χ0n) is 9.30. The number of aliphatic hydroxyl groups is 1. The summed E-state index contributed by atoms with van der Waals surface area (Å²) < 4.78 is 13.1. The first-order valence-electron chi connectivity index (χ1n) is 5.36. The lowest BCUT2D eigenvalue weighted by atomic mass is 9.99. The zero-order chi connectivity index (χ0) is 13.3. The van der Waals surface area contributed by atoms with Gasteiger partial charge in [0.25, 0.3) is 5.69 Å². The van der Waals surface area contributed by atoms with E-state index < -0.39 is 22.5 Å². The molecule has 6 heteroatoms. The highest BCUT2D eigenvalue weighted by Gasteiger charge is 2.29. The fourth-order valence-electron chi connectivity index (χ4n) is 1.96. The molecule has 1 aromatic carbocycles. The zero-order valence-corrected chi connectivity index (χ0v) is 9.30. The fourth-order valence-corrected chi connectivity index (χ4v) is 1.96. The van der Waals surface area contributed by atoms with Crippen LogP contribution in [0, 0.1) is 15.9 Å².